The molecule has 3 atom stereocenters. The molecule has 1 amide bonds. The van der Waals surface area contributed by atoms with E-state index in [-0.39, 0.29) is 36.1 Å². The molecular formula is C18H21Cl2FN2O. The zero-order chi connectivity index (χ0) is 17.0. The fraction of sp³-hybridized carbons (Fsp3) is 0.278. The monoisotopic (exact) mass is 370 g/mol. The summed E-state index contributed by atoms with van der Waals surface area (Å²) in [6.45, 7) is 3.54. The molecular weight excluding hydrogens is 350 g/mol. The van der Waals surface area contributed by atoms with Crippen molar-refractivity contribution >= 4 is 29.9 Å². The maximum atomic E-state index is 13.6. The minimum atomic E-state index is -0.488. The third-order valence-electron chi connectivity index (χ3n) is 3.85. The smallest absolute Gasteiger partial charge is 0.225 e. The summed E-state index contributed by atoms with van der Waals surface area (Å²) in [6, 6.07) is 12.5. The predicted molar refractivity (Wildman–Crippen MR) is 97.9 cm³/mol. The second-order valence-electron chi connectivity index (χ2n) is 5.70. The molecule has 0 fully saturated rings. The van der Waals surface area contributed by atoms with Gasteiger partial charge in [0.15, 0.2) is 0 Å². The number of amides is 1. The van der Waals surface area contributed by atoms with Crippen LogP contribution in [0.3, 0.4) is 0 Å². The molecule has 2 aromatic rings. The molecule has 0 saturated heterocycles. The highest BCUT2D eigenvalue weighted by Crippen LogP contribution is 2.25. The molecule has 3 nitrogen and oxygen atoms in total. The van der Waals surface area contributed by atoms with E-state index in [1.54, 1.807) is 44.2 Å². The van der Waals surface area contributed by atoms with Gasteiger partial charge in [0.05, 0.1) is 6.04 Å². The quantitative estimate of drug-likeness (QED) is 0.832. The highest BCUT2D eigenvalue weighted by molar-refractivity contribution is 6.30. The van der Waals surface area contributed by atoms with Crippen LogP contribution in [0.5, 0.6) is 0 Å². The predicted octanol–water partition coefficient (Wildman–Crippen LogP) is 4.09. The Bertz CT molecular complexity index is 649. The van der Waals surface area contributed by atoms with Gasteiger partial charge in [0, 0.05) is 17.0 Å². The van der Waals surface area contributed by atoms with Crippen molar-refractivity contribution in [1.29, 1.82) is 0 Å². The van der Waals surface area contributed by atoms with Gasteiger partial charge in [-0.1, -0.05) is 42.8 Å². The maximum Gasteiger partial charge on any atom is 0.225 e. The van der Waals surface area contributed by atoms with Crippen LogP contribution >= 0.6 is 24.0 Å². The van der Waals surface area contributed by atoms with Gasteiger partial charge >= 0.3 is 0 Å². The number of halogens is 3. The van der Waals surface area contributed by atoms with Gasteiger partial charge in [-0.2, -0.15) is 0 Å². The summed E-state index contributed by atoms with van der Waals surface area (Å²) < 4.78 is 13.6. The van der Waals surface area contributed by atoms with E-state index in [0.29, 0.717) is 10.6 Å². The van der Waals surface area contributed by atoms with Crippen molar-refractivity contribution in [2.45, 2.75) is 25.9 Å². The Balaban J connectivity index is 0.00000288. The molecule has 24 heavy (non-hydrogen) atoms. The van der Waals surface area contributed by atoms with Gasteiger partial charge in [0.1, 0.15) is 5.82 Å². The largest absolute Gasteiger partial charge is 0.345 e. The van der Waals surface area contributed by atoms with E-state index in [9.17, 15) is 9.18 Å². The Morgan fingerprint density at radius 3 is 2.25 bits per heavy atom. The summed E-state index contributed by atoms with van der Waals surface area (Å²) >= 11 is 6.05. The van der Waals surface area contributed by atoms with Crippen LogP contribution in [0.1, 0.15) is 31.0 Å². The van der Waals surface area contributed by atoms with Crippen molar-refractivity contribution in [2.24, 2.45) is 11.7 Å². The van der Waals surface area contributed by atoms with Crippen LogP contribution < -0.4 is 11.1 Å². The number of hydrogen-bond acceptors (Lipinski definition) is 2. The van der Waals surface area contributed by atoms with Crippen LogP contribution in [0.2, 0.25) is 5.02 Å². The molecule has 3 unspecified atom stereocenters. The van der Waals surface area contributed by atoms with Crippen LogP contribution in [0.4, 0.5) is 4.39 Å². The molecule has 0 aliphatic carbocycles. The molecule has 6 heteroatoms. The number of carbonyl (C=O) groups is 1. The Morgan fingerprint density at radius 1 is 1.12 bits per heavy atom. The number of nitrogens with one attached hydrogen (secondary N) is 1. The summed E-state index contributed by atoms with van der Waals surface area (Å²) in [4.78, 5) is 12.4. The summed E-state index contributed by atoms with van der Waals surface area (Å²) in [6.07, 6.45) is 0. The average Bonchev–Trinajstić information content (AvgIpc) is 2.51. The van der Waals surface area contributed by atoms with Gasteiger partial charge in [-0.3, -0.25) is 4.79 Å². The third kappa shape index (κ3) is 5.20. The molecule has 3 N–H and O–H groups in total. The lowest BCUT2D eigenvalue weighted by atomic mass is 9.96. The van der Waals surface area contributed by atoms with E-state index < -0.39 is 6.04 Å². The molecule has 0 bridgehead atoms. The number of nitrogens with two attached hydrogens (primary N) is 1. The van der Waals surface area contributed by atoms with E-state index in [1.165, 1.54) is 12.1 Å². The van der Waals surface area contributed by atoms with Crippen molar-refractivity contribution < 1.29 is 9.18 Å². The van der Waals surface area contributed by atoms with Crippen LogP contribution in [0.15, 0.2) is 48.5 Å². The van der Waals surface area contributed by atoms with Crippen LogP contribution in [-0.4, -0.2) is 11.9 Å². The number of rotatable bonds is 5. The molecule has 2 aromatic carbocycles. The first-order valence-electron chi connectivity index (χ1n) is 7.45. The molecule has 0 aliphatic heterocycles. The standard InChI is InChI=1S/C18H20ClFN2O.ClH/c1-11(12(2)21)18(23)22-17(13-5-3-7-15(19)9-13)14-6-4-8-16(20)10-14;/h3-12,17H,21H2,1-2H3,(H,22,23);1H. The Hall–Kier alpha value is -1.62. The lowest BCUT2D eigenvalue weighted by Gasteiger charge is -2.23. The van der Waals surface area contributed by atoms with Crippen molar-refractivity contribution in [3.63, 3.8) is 0 Å². The van der Waals surface area contributed by atoms with E-state index in [2.05, 4.69) is 5.32 Å². The van der Waals surface area contributed by atoms with Gasteiger partial charge in [-0.05, 0) is 42.3 Å². The zero-order valence-corrected chi connectivity index (χ0v) is 15.1. The highest BCUT2D eigenvalue weighted by atomic mass is 35.5. The first-order chi connectivity index (χ1) is 10.9. The Morgan fingerprint density at radius 2 is 1.71 bits per heavy atom. The molecule has 0 saturated carbocycles. The molecule has 0 radical (unpaired) electrons. The second-order valence-corrected chi connectivity index (χ2v) is 6.14. The molecule has 130 valence electrons. The lowest BCUT2D eigenvalue weighted by molar-refractivity contribution is -0.125. The minimum absolute atomic E-state index is 0. The van der Waals surface area contributed by atoms with E-state index in [4.69, 9.17) is 17.3 Å². The highest BCUT2D eigenvalue weighted by Gasteiger charge is 2.23. The summed E-state index contributed by atoms with van der Waals surface area (Å²) in [5.74, 6) is -0.900. The SMILES string of the molecule is CC(N)C(C)C(=O)NC(c1cccc(F)c1)c1cccc(Cl)c1.Cl. The normalized spacial score (nSPS) is 14.2. The van der Waals surface area contributed by atoms with Gasteiger partial charge in [0.25, 0.3) is 0 Å². The summed E-state index contributed by atoms with van der Waals surface area (Å²) in [5, 5.41) is 3.49. The van der Waals surface area contributed by atoms with Crippen LogP contribution in [0, 0.1) is 11.7 Å². The van der Waals surface area contributed by atoms with Crippen LogP contribution in [-0.2, 0) is 4.79 Å². The average molecular weight is 371 g/mol. The lowest BCUT2D eigenvalue weighted by Crippen LogP contribution is -2.40. The van der Waals surface area contributed by atoms with Crippen molar-refractivity contribution in [1.82, 2.24) is 5.32 Å². The van der Waals surface area contributed by atoms with Gasteiger partial charge in [-0.25, -0.2) is 4.39 Å². The first-order valence-corrected chi connectivity index (χ1v) is 7.83. The topological polar surface area (TPSA) is 55.1 Å². The van der Waals surface area contributed by atoms with Crippen molar-refractivity contribution in [3.8, 4) is 0 Å². The van der Waals surface area contributed by atoms with E-state index in [0.717, 1.165) is 5.56 Å². The van der Waals surface area contributed by atoms with E-state index in [1.807, 2.05) is 6.07 Å². The molecule has 0 spiro atoms. The fourth-order valence-corrected chi connectivity index (χ4v) is 2.44. The van der Waals surface area contributed by atoms with Gasteiger partial charge in [0.2, 0.25) is 5.91 Å². The number of carbonyl (C=O) groups excluding carboxylic acids is 1. The minimum Gasteiger partial charge on any atom is -0.345 e. The van der Waals surface area contributed by atoms with Crippen molar-refractivity contribution in [3.05, 3.63) is 70.5 Å². The number of benzene rings is 2. The summed E-state index contributed by atoms with van der Waals surface area (Å²) in [5.41, 5.74) is 7.23. The Kier molecular flexibility index (Phi) is 7.67. The van der Waals surface area contributed by atoms with Gasteiger partial charge in [-0.15, -0.1) is 12.4 Å². The van der Waals surface area contributed by atoms with Crippen LogP contribution in [0.25, 0.3) is 0 Å². The second kappa shape index (κ2) is 9.02. The Labute approximate surface area is 152 Å². The van der Waals surface area contributed by atoms with Crippen molar-refractivity contribution in [2.75, 3.05) is 0 Å². The maximum absolute atomic E-state index is 13.6. The molecule has 0 heterocycles. The first kappa shape index (κ1) is 20.4. The van der Waals surface area contributed by atoms with Gasteiger partial charge < -0.3 is 11.1 Å². The molecule has 0 aromatic heterocycles. The fourth-order valence-electron chi connectivity index (χ4n) is 2.24. The van der Waals surface area contributed by atoms with E-state index >= 15 is 0 Å². The molecule has 2 rings (SSSR count). The zero-order valence-electron chi connectivity index (χ0n) is 13.5. The third-order valence-corrected chi connectivity index (χ3v) is 4.09. The molecule has 0 aliphatic rings. The summed E-state index contributed by atoms with van der Waals surface area (Å²) in [7, 11) is 0. The number of hydrogen-bond donors (Lipinski definition) is 2.